The smallest absolute Gasteiger partial charge is 0.326 e. The lowest BCUT2D eigenvalue weighted by Crippen LogP contribution is -2.50. The van der Waals surface area contributed by atoms with Crippen LogP contribution in [0.4, 0.5) is 0 Å². The molecule has 0 spiro atoms. The van der Waals surface area contributed by atoms with Crippen molar-refractivity contribution in [3.63, 3.8) is 0 Å². The van der Waals surface area contributed by atoms with Crippen LogP contribution in [0.5, 0.6) is 0 Å². The summed E-state index contributed by atoms with van der Waals surface area (Å²) < 4.78 is 5.27. The van der Waals surface area contributed by atoms with Crippen LogP contribution >= 0.6 is 0 Å². The Morgan fingerprint density at radius 3 is 2.75 bits per heavy atom. The molecule has 1 aliphatic carbocycles. The Balaban J connectivity index is 1.96. The fourth-order valence-electron chi connectivity index (χ4n) is 3.81. The lowest BCUT2D eigenvalue weighted by atomic mass is 9.95. The number of nitrogens with one attached hydrogen (secondary N) is 1. The first-order valence-corrected chi connectivity index (χ1v) is 8.12. The molecule has 20 heavy (non-hydrogen) atoms. The first kappa shape index (κ1) is 15.8. The Kier molecular flexibility index (Phi) is 5.08. The summed E-state index contributed by atoms with van der Waals surface area (Å²) in [6.07, 6.45) is 4.20. The minimum atomic E-state index is -0.448. The summed E-state index contributed by atoms with van der Waals surface area (Å²) in [6, 6.07) is 0.538. The molecular weight excluding hydrogens is 252 g/mol. The maximum Gasteiger partial charge on any atom is 0.326 e. The fraction of sp³-hybridized carbons (Fsp3) is 0.938. The van der Waals surface area contributed by atoms with E-state index in [1.807, 2.05) is 14.0 Å². The first-order valence-electron chi connectivity index (χ1n) is 8.12. The Labute approximate surface area is 123 Å². The highest BCUT2D eigenvalue weighted by molar-refractivity contribution is 5.81. The largest absolute Gasteiger partial charge is 0.465 e. The van der Waals surface area contributed by atoms with Crippen molar-refractivity contribution in [2.24, 2.45) is 11.8 Å². The molecule has 4 nitrogen and oxygen atoms in total. The molecule has 1 saturated carbocycles. The van der Waals surface area contributed by atoms with Gasteiger partial charge in [0.25, 0.3) is 0 Å². The van der Waals surface area contributed by atoms with E-state index in [0.29, 0.717) is 12.6 Å². The molecule has 0 aromatic carbocycles. The molecule has 0 amide bonds. The third-order valence-electron chi connectivity index (χ3n) is 5.35. The van der Waals surface area contributed by atoms with E-state index >= 15 is 0 Å². The van der Waals surface area contributed by atoms with Crippen molar-refractivity contribution in [3.8, 4) is 0 Å². The number of hydrogen-bond donors (Lipinski definition) is 1. The second kappa shape index (κ2) is 6.44. The van der Waals surface area contributed by atoms with Gasteiger partial charge in [-0.3, -0.25) is 4.79 Å². The zero-order valence-corrected chi connectivity index (χ0v) is 13.4. The van der Waals surface area contributed by atoms with E-state index in [1.165, 1.54) is 19.5 Å². The van der Waals surface area contributed by atoms with Crippen LogP contribution in [-0.2, 0) is 9.53 Å². The summed E-state index contributed by atoms with van der Waals surface area (Å²) in [5.41, 5.74) is -0.448. The van der Waals surface area contributed by atoms with Gasteiger partial charge in [-0.05, 0) is 58.0 Å². The van der Waals surface area contributed by atoms with Crippen molar-refractivity contribution in [1.29, 1.82) is 0 Å². The fourth-order valence-corrected chi connectivity index (χ4v) is 3.81. The molecule has 2 aliphatic rings. The number of hydrogen-bond acceptors (Lipinski definition) is 4. The SMILES string of the molecule is CCOC(=O)C1(NC)CCC(N2CCC(C(C)C)C2)C1. The molecule has 3 unspecified atom stereocenters. The molecule has 1 aliphatic heterocycles. The quantitative estimate of drug-likeness (QED) is 0.784. The standard InChI is InChI=1S/C16H30N2O2/c1-5-20-15(19)16(17-4)8-6-14(10-16)18-9-7-13(11-18)12(2)3/h12-14,17H,5-11H2,1-4H3. The maximum absolute atomic E-state index is 12.2. The van der Waals surface area contributed by atoms with Gasteiger partial charge in [0, 0.05) is 12.6 Å². The van der Waals surface area contributed by atoms with E-state index in [2.05, 4.69) is 24.1 Å². The Hall–Kier alpha value is -0.610. The van der Waals surface area contributed by atoms with Crippen molar-refractivity contribution >= 4 is 5.97 Å². The van der Waals surface area contributed by atoms with Gasteiger partial charge >= 0.3 is 5.97 Å². The summed E-state index contributed by atoms with van der Waals surface area (Å²) in [7, 11) is 1.89. The number of nitrogens with zero attached hydrogens (tertiary/aromatic N) is 1. The molecule has 4 heteroatoms. The van der Waals surface area contributed by atoms with Crippen LogP contribution in [0.1, 0.15) is 46.5 Å². The molecular formula is C16H30N2O2. The van der Waals surface area contributed by atoms with Gasteiger partial charge in [0.1, 0.15) is 5.54 Å². The number of carbonyl (C=O) groups excluding carboxylic acids is 1. The van der Waals surface area contributed by atoms with Crippen LogP contribution in [-0.4, -0.2) is 49.2 Å². The normalized spacial score (nSPS) is 34.9. The molecule has 0 aromatic heterocycles. The van der Waals surface area contributed by atoms with E-state index in [9.17, 15) is 4.79 Å². The van der Waals surface area contributed by atoms with E-state index in [1.54, 1.807) is 0 Å². The molecule has 116 valence electrons. The lowest BCUT2D eigenvalue weighted by molar-refractivity contribution is -0.151. The summed E-state index contributed by atoms with van der Waals surface area (Å²) in [5.74, 6) is 1.52. The predicted octanol–water partition coefficient (Wildman–Crippen LogP) is 2.04. The van der Waals surface area contributed by atoms with Crippen LogP contribution in [0.2, 0.25) is 0 Å². The Morgan fingerprint density at radius 2 is 2.20 bits per heavy atom. The zero-order valence-electron chi connectivity index (χ0n) is 13.4. The summed E-state index contributed by atoms with van der Waals surface area (Å²) in [4.78, 5) is 14.8. The highest BCUT2D eigenvalue weighted by Gasteiger charge is 2.47. The highest BCUT2D eigenvalue weighted by atomic mass is 16.5. The van der Waals surface area contributed by atoms with E-state index < -0.39 is 5.54 Å². The molecule has 2 rings (SSSR count). The molecule has 0 radical (unpaired) electrons. The van der Waals surface area contributed by atoms with Crippen molar-refractivity contribution in [2.75, 3.05) is 26.7 Å². The molecule has 1 saturated heterocycles. The zero-order chi connectivity index (χ0) is 14.8. The van der Waals surface area contributed by atoms with Crippen LogP contribution in [0, 0.1) is 11.8 Å². The van der Waals surface area contributed by atoms with Gasteiger partial charge in [-0.2, -0.15) is 0 Å². The molecule has 2 fully saturated rings. The minimum Gasteiger partial charge on any atom is -0.465 e. The first-order chi connectivity index (χ1) is 9.52. The van der Waals surface area contributed by atoms with Crippen molar-refractivity contribution in [3.05, 3.63) is 0 Å². The number of likely N-dealkylation sites (tertiary alicyclic amines) is 1. The summed E-state index contributed by atoms with van der Waals surface area (Å²) in [5, 5.41) is 3.25. The van der Waals surface area contributed by atoms with Crippen molar-refractivity contribution < 1.29 is 9.53 Å². The van der Waals surface area contributed by atoms with Gasteiger partial charge in [-0.25, -0.2) is 0 Å². The topological polar surface area (TPSA) is 41.6 Å². The minimum absolute atomic E-state index is 0.0652. The number of rotatable bonds is 5. The average Bonchev–Trinajstić information content (AvgIpc) is 3.06. The summed E-state index contributed by atoms with van der Waals surface area (Å²) >= 11 is 0. The van der Waals surface area contributed by atoms with Crippen LogP contribution in [0.3, 0.4) is 0 Å². The number of esters is 1. The monoisotopic (exact) mass is 282 g/mol. The van der Waals surface area contributed by atoms with Gasteiger partial charge in [-0.1, -0.05) is 13.8 Å². The molecule has 0 aromatic rings. The predicted molar refractivity (Wildman–Crippen MR) is 80.6 cm³/mol. The number of carbonyl (C=O) groups is 1. The van der Waals surface area contributed by atoms with Gasteiger partial charge < -0.3 is 15.0 Å². The van der Waals surface area contributed by atoms with Gasteiger partial charge in [0.2, 0.25) is 0 Å². The average molecular weight is 282 g/mol. The second-order valence-corrected chi connectivity index (χ2v) is 6.74. The maximum atomic E-state index is 12.2. The van der Waals surface area contributed by atoms with Gasteiger partial charge in [0.15, 0.2) is 0 Å². The second-order valence-electron chi connectivity index (χ2n) is 6.74. The highest BCUT2D eigenvalue weighted by Crippen LogP contribution is 2.37. The van der Waals surface area contributed by atoms with Crippen molar-refractivity contribution in [1.82, 2.24) is 10.2 Å². The van der Waals surface area contributed by atoms with E-state index in [-0.39, 0.29) is 5.97 Å². The Bertz CT molecular complexity index is 345. The molecule has 1 heterocycles. The third kappa shape index (κ3) is 3.01. The van der Waals surface area contributed by atoms with Crippen LogP contribution < -0.4 is 5.32 Å². The lowest BCUT2D eigenvalue weighted by Gasteiger charge is -2.29. The third-order valence-corrected chi connectivity index (χ3v) is 5.35. The van der Waals surface area contributed by atoms with Gasteiger partial charge in [0.05, 0.1) is 6.61 Å². The van der Waals surface area contributed by atoms with Crippen LogP contribution in [0.15, 0.2) is 0 Å². The molecule has 0 bridgehead atoms. The van der Waals surface area contributed by atoms with Crippen LogP contribution in [0.25, 0.3) is 0 Å². The molecule has 1 N–H and O–H groups in total. The number of ether oxygens (including phenoxy) is 1. The molecule has 3 atom stereocenters. The summed E-state index contributed by atoms with van der Waals surface area (Å²) in [6.45, 7) is 9.37. The van der Waals surface area contributed by atoms with E-state index in [0.717, 1.165) is 31.1 Å². The van der Waals surface area contributed by atoms with E-state index in [4.69, 9.17) is 4.74 Å². The Morgan fingerprint density at radius 1 is 1.45 bits per heavy atom. The van der Waals surface area contributed by atoms with Crippen molar-refractivity contribution in [2.45, 2.75) is 58.0 Å². The number of likely N-dealkylation sites (N-methyl/N-ethyl adjacent to an activating group) is 1. The van der Waals surface area contributed by atoms with Gasteiger partial charge in [-0.15, -0.1) is 0 Å².